The molecule has 18 heavy (non-hydrogen) atoms. The smallest absolute Gasteiger partial charge is 0.266 e. The molecule has 94 valence electrons. The summed E-state index contributed by atoms with van der Waals surface area (Å²) in [5, 5.41) is 3.08. The van der Waals surface area contributed by atoms with Crippen LogP contribution in [0.5, 0.6) is 5.75 Å². The fourth-order valence-corrected chi connectivity index (χ4v) is 2.17. The molecule has 2 rings (SSSR count). The topological polar surface area (TPSA) is 67.0 Å². The van der Waals surface area contributed by atoms with Crippen LogP contribution in [0.1, 0.15) is 0 Å². The molecule has 7 heteroatoms. The number of halogens is 2. The lowest BCUT2D eigenvalue weighted by Crippen LogP contribution is -2.13. The lowest BCUT2D eigenvalue weighted by molar-refractivity contribution is 0.416. The zero-order valence-corrected chi connectivity index (χ0v) is 13.1. The van der Waals surface area contributed by atoms with E-state index in [9.17, 15) is 4.79 Å². The molecule has 0 aliphatic rings. The van der Waals surface area contributed by atoms with Gasteiger partial charge in [0.05, 0.1) is 19.1 Å². The lowest BCUT2D eigenvalue weighted by atomic mass is 10.3. The Morgan fingerprint density at radius 3 is 3.00 bits per heavy atom. The first-order valence-corrected chi connectivity index (χ1v) is 6.82. The van der Waals surface area contributed by atoms with E-state index in [0.29, 0.717) is 15.1 Å². The van der Waals surface area contributed by atoms with Crippen LogP contribution in [-0.2, 0) is 0 Å². The minimum absolute atomic E-state index is 0.179. The molecule has 0 aliphatic carbocycles. The van der Waals surface area contributed by atoms with Crippen molar-refractivity contribution >= 4 is 50.0 Å². The summed E-state index contributed by atoms with van der Waals surface area (Å²) in [7, 11) is 1.59. The van der Waals surface area contributed by atoms with Crippen LogP contribution in [0.25, 0.3) is 0 Å². The number of aromatic amines is 1. The summed E-state index contributed by atoms with van der Waals surface area (Å²) in [6, 6.07) is 5.56. The Labute approximate surface area is 125 Å². The van der Waals surface area contributed by atoms with Crippen LogP contribution in [-0.4, -0.2) is 17.1 Å². The molecule has 5 nitrogen and oxygen atoms in total. The molecular weight excluding hydrogens is 413 g/mol. The van der Waals surface area contributed by atoms with Gasteiger partial charge in [-0.05, 0) is 40.8 Å². The van der Waals surface area contributed by atoms with Crippen molar-refractivity contribution in [3.8, 4) is 5.75 Å². The van der Waals surface area contributed by atoms with Crippen molar-refractivity contribution in [2.75, 3.05) is 12.4 Å². The third kappa shape index (κ3) is 2.83. The number of benzene rings is 1. The summed E-state index contributed by atoms with van der Waals surface area (Å²) in [6.45, 7) is 0. The van der Waals surface area contributed by atoms with Crippen molar-refractivity contribution in [1.29, 1.82) is 0 Å². The largest absolute Gasteiger partial charge is 0.495 e. The highest BCUT2D eigenvalue weighted by Crippen LogP contribution is 2.30. The number of aromatic nitrogens is 2. The van der Waals surface area contributed by atoms with Gasteiger partial charge < -0.3 is 15.0 Å². The minimum Gasteiger partial charge on any atom is -0.495 e. The maximum atomic E-state index is 11.5. The fraction of sp³-hybridized carbons (Fsp3) is 0.0909. The van der Waals surface area contributed by atoms with Crippen molar-refractivity contribution in [3.63, 3.8) is 0 Å². The van der Waals surface area contributed by atoms with Gasteiger partial charge in [0, 0.05) is 4.47 Å². The molecule has 0 spiro atoms. The Morgan fingerprint density at radius 1 is 1.50 bits per heavy atom. The van der Waals surface area contributed by atoms with Gasteiger partial charge in [0.15, 0.2) is 5.82 Å². The van der Waals surface area contributed by atoms with E-state index in [4.69, 9.17) is 4.74 Å². The maximum absolute atomic E-state index is 11.5. The number of hydrogen-bond donors (Lipinski definition) is 2. The SMILES string of the molecule is COc1ccc(Br)cc1Nc1nc[nH]c(=O)c1I. The van der Waals surface area contributed by atoms with Gasteiger partial charge in [0.2, 0.25) is 0 Å². The van der Waals surface area contributed by atoms with E-state index in [1.54, 1.807) is 7.11 Å². The summed E-state index contributed by atoms with van der Waals surface area (Å²) in [4.78, 5) is 18.1. The molecule has 0 fully saturated rings. The summed E-state index contributed by atoms with van der Waals surface area (Å²) in [6.07, 6.45) is 1.36. The molecule has 0 bridgehead atoms. The first kappa shape index (κ1) is 13.3. The number of methoxy groups -OCH3 is 1. The third-order valence-corrected chi connectivity index (χ3v) is 3.71. The van der Waals surface area contributed by atoms with Gasteiger partial charge in [-0.25, -0.2) is 4.98 Å². The quantitative estimate of drug-likeness (QED) is 0.748. The molecule has 1 aromatic carbocycles. The second-order valence-electron chi connectivity index (χ2n) is 3.36. The molecule has 2 aromatic rings. The van der Waals surface area contributed by atoms with Crippen LogP contribution < -0.4 is 15.6 Å². The second kappa shape index (κ2) is 5.70. The average Bonchev–Trinajstić information content (AvgIpc) is 2.35. The van der Waals surface area contributed by atoms with Crippen LogP contribution in [0.15, 0.2) is 33.8 Å². The number of anilines is 2. The Morgan fingerprint density at radius 2 is 2.28 bits per heavy atom. The van der Waals surface area contributed by atoms with Gasteiger partial charge in [-0.15, -0.1) is 0 Å². The first-order chi connectivity index (χ1) is 8.61. The van der Waals surface area contributed by atoms with Crippen LogP contribution in [0.3, 0.4) is 0 Å². The molecule has 1 aromatic heterocycles. The second-order valence-corrected chi connectivity index (χ2v) is 5.36. The van der Waals surface area contributed by atoms with Crippen LogP contribution in [0.2, 0.25) is 0 Å². The fourth-order valence-electron chi connectivity index (χ4n) is 1.38. The van der Waals surface area contributed by atoms with Crippen LogP contribution in [0, 0.1) is 3.57 Å². The van der Waals surface area contributed by atoms with Gasteiger partial charge >= 0.3 is 0 Å². The zero-order valence-electron chi connectivity index (χ0n) is 9.33. The normalized spacial score (nSPS) is 10.2. The minimum atomic E-state index is -0.179. The summed E-state index contributed by atoms with van der Waals surface area (Å²) >= 11 is 5.33. The van der Waals surface area contributed by atoms with Gasteiger partial charge in [-0.3, -0.25) is 4.79 Å². The van der Waals surface area contributed by atoms with Crippen molar-refractivity contribution in [1.82, 2.24) is 9.97 Å². The molecule has 0 radical (unpaired) electrons. The van der Waals surface area contributed by atoms with Crippen molar-refractivity contribution in [2.45, 2.75) is 0 Å². The van der Waals surface area contributed by atoms with Gasteiger partial charge in [-0.1, -0.05) is 15.9 Å². The van der Waals surface area contributed by atoms with Gasteiger partial charge in [-0.2, -0.15) is 0 Å². The van der Waals surface area contributed by atoms with Gasteiger partial charge in [0.25, 0.3) is 5.56 Å². The lowest BCUT2D eigenvalue weighted by Gasteiger charge is -2.11. The Bertz CT molecular complexity index is 630. The number of nitrogens with one attached hydrogen (secondary N) is 2. The molecule has 0 aliphatic heterocycles. The average molecular weight is 422 g/mol. The number of ether oxygens (including phenoxy) is 1. The number of H-pyrrole nitrogens is 1. The van der Waals surface area contributed by atoms with E-state index in [0.717, 1.165) is 10.2 Å². The van der Waals surface area contributed by atoms with Gasteiger partial charge in [0.1, 0.15) is 9.32 Å². The highest BCUT2D eigenvalue weighted by Gasteiger charge is 2.09. The number of hydrogen-bond acceptors (Lipinski definition) is 4. The van der Waals surface area contributed by atoms with Crippen molar-refractivity contribution in [2.24, 2.45) is 0 Å². The summed E-state index contributed by atoms with van der Waals surface area (Å²) < 4.78 is 6.65. The summed E-state index contributed by atoms with van der Waals surface area (Å²) in [5.41, 5.74) is 0.560. The molecule has 0 unspecified atom stereocenters. The highest BCUT2D eigenvalue weighted by atomic mass is 127. The molecule has 1 heterocycles. The molecule has 2 N–H and O–H groups in total. The number of rotatable bonds is 3. The van der Waals surface area contributed by atoms with E-state index >= 15 is 0 Å². The van der Waals surface area contributed by atoms with E-state index < -0.39 is 0 Å². The van der Waals surface area contributed by atoms with Crippen LogP contribution >= 0.6 is 38.5 Å². The Balaban J connectivity index is 2.42. The summed E-state index contributed by atoms with van der Waals surface area (Å²) in [5.74, 6) is 1.17. The van der Waals surface area contributed by atoms with E-state index in [1.165, 1.54) is 6.33 Å². The maximum Gasteiger partial charge on any atom is 0.266 e. The molecular formula is C11H9BrIN3O2. The standard InChI is InChI=1S/C11H9BrIN3O2/c1-18-8-3-2-6(12)4-7(8)16-10-9(13)11(17)15-5-14-10/h2-5H,1H3,(H2,14,15,16,17). The predicted molar refractivity (Wildman–Crippen MR) is 81.6 cm³/mol. The molecule has 0 saturated carbocycles. The highest BCUT2D eigenvalue weighted by molar-refractivity contribution is 14.1. The zero-order chi connectivity index (χ0) is 13.1. The monoisotopic (exact) mass is 421 g/mol. The Kier molecular flexibility index (Phi) is 4.23. The van der Waals surface area contributed by atoms with E-state index in [-0.39, 0.29) is 5.56 Å². The predicted octanol–water partition coefficient (Wildman–Crippen LogP) is 2.89. The first-order valence-electron chi connectivity index (χ1n) is 4.95. The molecule has 0 saturated heterocycles. The van der Waals surface area contributed by atoms with E-state index in [2.05, 4.69) is 31.2 Å². The number of nitrogens with zero attached hydrogens (tertiary/aromatic N) is 1. The van der Waals surface area contributed by atoms with Crippen molar-refractivity contribution in [3.05, 3.63) is 42.9 Å². The van der Waals surface area contributed by atoms with E-state index in [1.807, 2.05) is 40.8 Å². The van der Waals surface area contributed by atoms with Crippen LogP contribution in [0.4, 0.5) is 11.5 Å². The molecule has 0 atom stereocenters. The third-order valence-electron chi connectivity index (χ3n) is 2.21. The molecule has 0 amide bonds. The van der Waals surface area contributed by atoms with Crippen molar-refractivity contribution < 1.29 is 4.74 Å². The Hall–Kier alpha value is -1.09.